The Morgan fingerprint density at radius 1 is 1.14 bits per heavy atom. The molecule has 0 spiro atoms. The van der Waals surface area contributed by atoms with Gasteiger partial charge in [0, 0.05) is 10.7 Å². The molecular weight excluding hydrogens is 300 g/mol. The van der Waals surface area contributed by atoms with Crippen LogP contribution in [-0.2, 0) is 0 Å². The number of benzene rings is 2. The maximum Gasteiger partial charge on any atom is 0.201 e. The van der Waals surface area contributed by atoms with Gasteiger partial charge in [-0.15, -0.1) is 0 Å². The van der Waals surface area contributed by atoms with E-state index in [4.69, 9.17) is 28.0 Å². The Hall–Kier alpha value is -3.04. The van der Waals surface area contributed by atoms with E-state index >= 15 is 0 Å². The Bertz CT molecular complexity index is 745. The van der Waals surface area contributed by atoms with Crippen LogP contribution in [0.3, 0.4) is 0 Å². The van der Waals surface area contributed by atoms with Crippen molar-refractivity contribution >= 4 is 40.2 Å². The Balaban J connectivity index is 2.22. The lowest BCUT2D eigenvalue weighted by Crippen LogP contribution is -2.21. The molecule has 0 unspecified atom stereocenters. The van der Waals surface area contributed by atoms with Gasteiger partial charge in [-0.05, 0) is 36.4 Å². The predicted octanol–water partition coefficient (Wildman–Crippen LogP) is 3.31. The first kappa shape index (κ1) is 15.4. The first-order chi connectivity index (χ1) is 10.6. The standard InChI is InChI=1S/C15H13ClN6/c16-10-5-7-11(8-6-10)20-12-3-1-2-4-13(12)21-22-14(9-17)15(18)19/h1-8,20-21H,(H3,18,19)/b22-14+. The summed E-state index contributed by atoms with van der Waals surface area (Å²) in [6, 6.07) is 16.3. The number of hydrogen-bond donors (Lipinski definition) is 4. The molecule has 0 saturated heterocycles. The normalized spacial score (nSPS) is 10.6. The number of nitriles is 1. The minimum Gasteiger partial charge on any atom is -0.382 e. The average Bonchev–Trinajstić information content (AvgIpc) is 2.51. The van der Waals surface area contributed by atoms with Gasteiger partial charge < -0.3 is 11.1 Å². The van der Waals surface area contributed by atoms with Crippen molar-refractivity contribution in [2.45, 2.75) is 0 Å². The van der Waals surface area contributed by atoms with Crippen molar-refractivity contribution in [2.75, 3.05) is 10.7 Å². The van der Waals surface area contributed by atoms with E-state index in [0.717, 1.165) is 11.4 Å². The molecule has 0 aromatic heterocycles. The molecule has 0 aliphatic carbocycles. The van der Waals surface area contributed by atoms with Gasteiger partial charge in [0.1, 0.15) is 6.07 Å². The molecule has 0 heterocycles. The molecule has 0 amide bonds. The molecule has 0 aliphatic rings. The lowest BCUT2D eigenvalue weighted by Gasteiger charge is -2.11. The van der Waals surface area contributed by atoms with Crippen molar-refractivity contribution in [1.29, 1.82) is 10.7 Å². The van der Waals surface area contributed by atoms with Crippen molar-refractivity contribution < 1.29 is 0 Å². The van der Waals surface area contributed by atoms with E-state index in [1.807, 2.05) is 30.3 Å². The highest BCUT2D eigenvalue weighted by Gasteiger charge is 2.04. The van der Waals surface area contributed by atoms with Crippen LogP contribution < -0.4 is 16.5 Å². The third-order valence-electron chi connectivity index (χ3n) is 2.70. The maximum atomic E-state index is 8.84. The molecule has 0 atom stereocenters. The maximum absolute atomic E-state index is 8.84. The summed E-state index contributed by atoms with van der Waals surface area (Å²) < 4.78 is 0. The first-order valence-electron chi connectivity index (χ1n) is 6.30. The molecule has 7 heteroatoms. The second kappa shape index (κ2) is 7.11. The second-order valence-corrected chi connectivity index (χ2v) is 4.71. The fraction of sp³-hybridized carbons (Fsp3) is 0. The molecule has 2 rings (SSSR count). The van der Waals surface area contributed by atoms with Crippen LogP contribution in [0.15, 0.2) is 53.6 Å². The fourth-order valence-electron chi connectivity index (χ4n) is 1.64. The lowest BCUT2D eigenvalue weighted by atomic mass is 10.2. The molecule has 110 valence electrons. The Morgan fingerprint density at radius 3 is 2.36 bits per heavy atom. The van der Waals surface area contributed by atoms with Gasteiger partial charge in [0.05, 0.1) is 11.4 Å². The van der Waals surface area contributed by atoms with E-state index in [9.17, 15) is 0 Å². The molecule has 5 N–H and O–H groups in total. The van der Waals surface area contributed by atoms with Gasteiger partial charge in [0.15, 0.2) is 5.84 Å². The molecular formula is C15H13ClN6. The van der Waals surface area contributed by atoms with Crippen LogP contribution in [-0.4, -0.2) is 11.5 Å². The number of hydrazone groups is 1. The van der Waals surface area contributed by atoms with Gasteiger partial charge in [-0.3, -0.25) is 10.8 Å². The summed E-state index contributed by atoms with van der Waals surface area (Å²) in [4.78, 5) is 0. The molecule has 22 heavy (non-hydrogen) atoms. The van der Waals surface area contributed by atoms with E-state index in [2.05, 4.69) is 15.8 Å². The molecule has 0 fully saturated rings. The molecule has 2 aromatic carbocycles. The van der Waals surface area contributed by atoms with Crippen LogP contribution in [0, 0.1) is 16.7 Å². The van der Waals surface area contributed by atoms with Crippen molar-refractivity contribution in [3.8, 4) is 6.07 Å². The predicted molar refractivity (Wildman–Crippen MR) is 89.8 cm³/mol. The number of para-hydroxylation sites is 2. The molecule has 2 aromatic rings. The van der Waals surface area contributed by atoms with Crippen LogP contribution in [0.5, 0.6) is 0 Å². The van der Waals surface area contributed by atoms with Crippen LogP contribution >= 0.6 is 11.6 Å². The number of nitrogens with two attached hydrogens (primary N) is 1. The summed E-state index contributed by atoms with van der Waals surface area (Å²) in [5.41, 5.74) is 10.1. The summed E-state index contributed by atoms with van der Waals surface area (Å²) in [6.07, 6.45) is 0. The Morgan fingerprint density at radius 2 is 1.77 bits per heavy atom. The van der Waals surface area contributed by atoms with Crippen molar-refractivity contribution in [3.05, 3.63) is 53.6 Å². The number of hydrogen-bond acceptors (Lipinski definition) is 5. The molecule has 0 saturated carbocycles. The molecule has 0 radical (unpaired) electrons. The van der Waals surface area contributed by atoms with Crippen LogP contribution in [0.4, 0.5) is 17.1 Å². The Kier molecular flexibility index (Phi) is 4.96. The summed E-state index contributed by atoms with van der Waals surface area (Å²) >= 11 is 5.86. The quantitative estimate of drug-likeness (QED) is 0.385. The number of nitrogens with zero attached hydrogens (tertiary/aromatic N) is 2. The summed E-state index contributed by atoms with van der Waals surface area (Å²) in [5.74, 6) is -0.391. The molecule has 0 bridgehead atoms. The second-order valence-electron chi connectivity index (χ2n) is 4.28. The zero-order valence-corrected chi connectivity index (χ0v) is 12.2. The lowest BCUT2D eigenvalue weighted by molar-refractivity contribution is 1.33. The average molecular weight is 313 g/mol. The number of halogens is 1. The molecule has 0 aliphatic heterocycles. The summed E-state index contributed by atoms with van der Waals surface area (Å²) in [5, 5.41) is 23.8. The van der Waals surface area contributed by atoms with Gasteiger partial charge in [-0.2, -0.15) is 10.4 Å². The highest BCUT2D eigenvalue weighted by atomic mass is 35.5. The van der Waals surface area contributed by atoms with E-state index in [0.29, 0.717) is 10.7 Å². The van der Waals surface area contributed by atoms with E-state index in [-0.39, 0.29) is 5.71 Å². The topological polar surface area (TPSA) is 110 Å². The van der Waals surface area contributed by atoms with Crippen molar-refractivity contribution in [2.24, 2.45) is 10.8 Å². The zero-order valence-electron chi connectivity index (χ0n) is 11.5. The number of anilines is 3. The smallest absolute Gasteiger partial charge is 0.201 e. The highest BCUT2D eigenvalue weighted by molar-refractivity contribution is 6.45. The SMILES string of the molecule is N#C/C(=N\Nc1ccccc1Nc1ccc(Cl)cc1)C(=N)N. The zero-order chi connectivity index (χ0) is 15.9. The Labute approximate surface area is 132 Å². The fourth-order valence-corrected chi connectivity index (χ4v) is 1.77. The van der Waals surface area contributed by atoms with Crippen molar-refractivity contribution in [1.82, 2.24) is 0 Å². The largest absolute Gasteiger partial charge is 0.382 e. The monoisotopic (exact) mass is 312 g/mol. The van der Waals surface area contributed by atoms with Crippen molar-refractivity contribution in [3.63, 3.8) is 0 Å². The summed E-state index contributed by atoms with van der Waals surface area (Å²) in [7, 11) is 0. The van der Waals surface area contributed by atoms with E-state index < -0.39 is 5.84 Å². The van der Waals surface area contributed by atoms with Gasteiger partial charge in [-0.1, -0.05) is 23.7 Å². The van der Waals surface area contributed by atoms with Gasteiger partial charge in [-0.25, -0.2) is 0 Å². The van der Waals surface area contributed by atoms with Gasteiger partial charge in [0.2, 0.25) is 5.71 Å². The first-order valence-corrected chi connectivity index (χ1v) is 6.68. The molecule has 6 nitrogen and oxygen atoms in total. The van der Waals surface area contributed by atoms with Crippen LogP contribution in [0.25, 0.3) is 0 Å². The third kappa shape index (κ3) is 3.98. The highest BCUT2D eigenvalue weighted by Crippen LogP contribution is 2.26. The third-order valence-corrected chi connectivity index (χ3v) is 2.95. The van der Waals surface area contributed by atoms with Crippen LogP contribution in [0.1, 0.15) is 0 Å². The number of nitrogens with one attached hydrogen (secondary N) is 3. The summed E-state index contributed by atoms with van der Waals surface area (Å²) in [6.45, 7) is 0. The van der Waals surface area contributed by atoms with E-state index in [1.54, 1.807) is 24.3 Å². The van der Waals surface area contributed by atoms with Gasteiger partial charge in [0.25, 0.3) is 0 Å². The van der Waals surface area contributed by atoms with E-state index in [1.165, 1.54) is 0 Å². The minimum atomic E-state index is -0.391. The number of rotatable bonds is 5. The van der Waals surface area contributed by atoms with Crippen LogP contribution in [0.2, 0.25) is 5.02 Å². The van der Waals surface area contributed by atoms with Gasteiger partial charge >= 0.3 is 0 Å². The number of amidine groups is 1. The minimum absolute atomic E-state index is 0.179.